The summed E-state index contributed by atoms with van der Waals surface area (Å²) in [5.74, 6) is -0.905. The second kappa shape index (κ2) is 6.24. The van der Waals surface area contributed by atoms with Crippen molar-refractivity contribution in [1.29, 1.82) is 0 Å². The molecule has 6 heteroatoms. The van der Waals surface area contributed by atoms with Gasteiger partial charge in [0.25, 0.3) is 0 Å². The second-order valence-corrected chi connectivity index (χ2v) is 2.49. The first-order chi connectivity index (χ1) is 6.06. The van der Waals surface area contributed by atoms with Gasteiger partial charge in [0.05, 0.1) is 6.54 Å². The Labute approximate surface area is 76.2 Å². The molecule has 0 saturated heterocycles. The first-order valence-corrected chi connectivity index (χ1v) is 3.97. The lowest BCUT2D eigenvalue weighted by Crippen LogP contribution is -2.37. The van der Waals surface area contributed by atoms with Crippen molar-refractivity contribution in [2.75, 3.05) is 26.2 Å². The summed E-state index contributed by atoms with van der Waals surface area (Å²) in [6, 6.07) is 0. The zero-order valence-corrected chi connectivity index (χ0v) is 7.49. The topological polar surface area (TPSA) is 89.9 Å². The van der Waals surface area contributed by atoms with E-state index < -0.39 is 12.1 Å². The van der Waals surface area contributed by atoms with Gasteiger partial charge in [-0.2, -0.15) is 0 Å². The Morgan fingerprint density at radius 2 is 2.00 bits per heavy atom. The highest BCUT2D eigenvalue weighted by Gasteiger charge is 2.06. The number of rotatable bonds is 6. The molecule has 0 aromatic heterocycles. The molecule has 3 N–H and O–H groups in total. The van der Waals surface area contributed by atoms with Gasteiger partial charge in [0.1, 0.15) is 0 Å². The number of carbonyl (C=O) groups is 2. The average Bonchev–Trinajstić information content (AvgIpc) is 2.01. The molecule has 0 rings (SSSR count). The van der Waals surface area contributed by atoms with Crippen LogP contribution < -0.4 is 5.32 Å². The van der Waals surface area contributed by atoms with Crippen molar-refractivity contribution in [2.24, 2.45) is 0 Å². The van der Waals surface area contributed by atoms with Crippen LogP contribution in [-0.2, 0) is 4.79 Å². The molecule has 0 heterocycles. The molecular formula is C7H14N2O4. The highest BCUT2D eigenvalue weighted by molar-refractivity contribution is 5.69. The molecule has 0 aliphatic rings. The van der Waals surface area contributed by atoms with E-state index in [0.717, 1.165) is 0 Å². The predicted molar refractivity (Wildman–Crippen MR) is 45.8 cm³/mol. The molecule has 13 heavy (non-hydrogen) atoms. The summed E-state index contributed by atoms with van der Waals surface area (Å²) in [4.78, 5) is 22.0. The fourth-order valence-corrected chi connectivity index (χ4v) is 0.861. The van der Waals surface area contributed by atoms with Crippen molar-refractivity contribution in [3.8, 4) is 0 Å². The standard InChI is InChI=1S/C7H14N2O4/c1-2-9(5-6(10)11)4-3-8-7(12)13/h8H,2-5H2,1H3,(H,10,11)(H,12,13). The molecule has 0 aromatic carbocycles. The smallest absolute Gasteiger partial charge is 0.404 e. The number of carboxylic acid groups (broad SMARTS) is 2. The van der Waals surface area contributed by atoms with Crippen LogP contribution >= 0.6 is 0 Å². The number of carboxylic acids is 1. The first-order valence-electron chi connectivity index (χ1n) is 3.97. The summed E-state index contributed by atoms with van der Waals surface area (Å²) in [5.41, 5.74) is 0. The second-order valence-electron chi connectivity index (χ2n) is 2.49. The molecule has 6 nitrogen and oxygen atoms in total. The Balaban J connectivity index is 3.59. The minimum atomic E-state index is -1.09. The largest absolute Gasteiger partial charge is 0.480 e. The summed E-state index contributed by atoms with van der Waals surface area (Å²) in [5, 5.41) is 18.8. The highest BCUT2D eigenvalue weighted by Crippen LogP contribution is 1.85. The SMILES string of the molecule is CCN(CCNC(=O)O)CC(=O)O. The lowest BCUT2D eigenvalue weighted by Gasteiger charge is -2.17. The minimum Gasteiger partial charge on any atom is -0.480 e. The normalized spacial score (nSPS) is 10.0. The average molecular weight is 190 g/mol. The molecular weight excluding hydrogens is 176 g/mol. The van der Waals surface area contributed by atoms with E-state index in [2.05, 4.69) is 5.32 Å². The fraction of sp³-hybridized carbons (Fsp3) is 0.714. The van der Waals surface area contributed by atoms with Gasteiger partial charge < -0.3 is 15.5 Å². The summed E-state index contributed by atoms with van der Waals surface area (Å²) in [6.45, 7) is 3.01. The Hall–Kier alpha value is -1.30. The molecule has 0 spiro atoms. The van der Waals surface area contributed by atoms with E-state index in [4.69, 9.17) is 10.2 Å². The van der Waals surface area contributed by atoms with Gasteiger partial charge in [-0.05, 0) is 6.54 Å². The van der Waals surface area contributed by atoms with Crippen LogP contribution in [0.15, 0.2) is 0 Å². The summed E-state index contributed by atoms with van der Waals surface area (Å²) in [7, 11) is 0. The maximum absolute atomic E-state index is 10.3. The van der Waals surface area contributed by atoms with Gasteiger partial charge in [0, 0.05) is 13.1 Å². The maximum Gasteiger partial charge on any atom is 0.404 e. The van der Waals surface area contributed by atoms with Crippen molar-refractivity contribution in [3.63, 3.8) is 0 Å². The van der Waals surface area contributed by atoms with Gasteiger partial charge in [-0.15, -0.1) is 0 Å². The van der Waals surface area contributed by atoms with Crippen LogP contribution in [0.2, 0.25) is 0 Å². The molecule has 0 aliphatic carbocycles. The third-order valence-electron chi connectivity index (χ3n) is 1.51. The van der Waals surface area contributed by atoms with E-state index in [1.54, 1.807) is 4.90 Å². The van der Waals surface area contributed by atoms with E-state index in [9.17, 15) is 9.59 Å². The fourth-order valence-electron chi connectivity index (χ4n) is 0.861. The predicted octanol–water partition coefficient (Wildman–Crippen LogP) is -0.339. The van der Waals surface area contributed by atoms with Crippen LogP contribution in [0.5, 0.6) is 0 Å². The van der Waals surface area contributed by atoms with Crippen molar-refractivity contribution in [2.45, 2.75) is 6.92 Å². The molecule has 0 bridgehead atoms. The van der Waals surface area contributed by atoms with Crippen LogP contribution in [0, 0.1) is 0 Å². The lowest BCUT2D eigenvalue weighted by molar-refractivity contribution is -0.138. The van der Waals surface area contributed by atoms with E-state index in [-0.39, 0.29) is 13.1 Å². The number of nitrogens with zero attached hydrogens (tertiary/aromatic N) is 1. The first kappa shape index (κ1) is 11.7. The van der Waals surface area contributed by atoms with Crippen molar-refractivity contribution >= 4 is 12.1 Å². The van der Waals surface area contributed by atoms with Crippen molar-refractivity contribution in [3.05, 3.63) is 0 Å². The Morgan fingerprint density at radius 1 is 1.38 bits per heavy atom. The minimum absolute atomic E-state index is 0.0577. The van der Waals surface area contributed by atoms with E-state index in [0.29, 0.717) is 13.1 Å². The third kappa shape index (κ3) is 7.07. The molecule has 0 unspecified atom stereocenters. The van der Waals surface area contributed by atoms with Crippen molar-refractivity contribution in [1.82, 2.24) is 10.2 Å². The summed E-state index contributed by atoms with van der Waals surface area (Å²) in [6.07, 6.45) is -1.09. The van der Waals surface area contributed by atoms with Gasteiger partial charge in [-0.1, -0.05) is 6.92 Å². The molecule has 0 atom stereocenters. The zero-order valence-electron chi connectivity index (χ0n) is 7.49. The Kier molecular flexibility index (Phi) is 5.62. The number of hydrogen-bond donors (Lipinski definition) is 3. The number of nitrogens with one attached hydrogen (secondary N) is 1. The Bertz CT molecular complexity index is 183. The number of amides is 1. The van der Waals surface area contributed by atoms with Crippen molar-refractivity contribution < 1.29 is 19.8 Å². The van der Waals surface area contributed by atoms with E-state index in [1.807, 2.05) is 6.92 Å². The number of hydrogen-bond acceptors (Lipinski definition) is 3. The van der Waals surface area contributed by atoms with Crippen LogP contribution in [0.3, 0.4) is 0 Å². The van der Waals surface area contributed by atoms with Gasteiger partial charge in [0.2, 0.25) is 0 Å². The summed E-state index contributed by atoms with van der Waals surface area (Å²) >= 11 is 0. The van der Waals surface area contributed by atoms with Crippen LogP contribution in [0.1, 0.15) is 6.92 Å². The number of likely N-dealkylation sites (N-methyl/N-ethyl adjacent to an activating group) is 1. The summed E-state index contributed by atoms with van der Waals surface area (Å²) < 4.78 is 0. The number of aliphatic carboxylic acids is 1. The van der Waals surface area contributed by atoms with E-state index >= 15 is 0 Å². The monoisotopic (exact) mass is 190 g/mol. The molecule has 1 amide bonds. The van der Waals surface area contributed by atoms with Crippen LogP contribution in [0.4, 0.5) is 4.79 Å². The Morgan fingerprint density at radius 3 is 2.38 bits per heavy atom. The van der Waals surface area contributed by atoms with Gasteiger partial charge >= 0.3 is 12.1 Å². The highest BCUT2D eigenvalue weighted by atomic mass is 16.4. The maximum atomic E-state index is 10.3. The molecule has 0 radical (unpaired) electrons. The van der Waals surface area contributed by atoms with E-state index in [1.165, 1.54) is 0 Å². The molecule has 0 saturated carbocycles. The molecule has 0 aromatic rings. The van der Waals surface area contributed by atoms with Crippen LogP contribution in [-0.4, -0.2) is 53.4 Å². The molecule has 0 fully saturated rings. The quantitative estimate of drug-likeness (QED) is 0.533. The zero-order chi connectivity index (χ0) is 10.3. The molecule has 76 valence electrons. The van der Waals surface area contributed by atoms with Gasteiger partial charge in [0.15, 0.2) is 0 Å². The third-order valence-corrected chi connectivity index (χ3v) is 1.51. The van der Waals surface area contributed by atoms with Gasteiger partial charge in [-0.3, -0.25) is 9.69 Å². The molecule has 0 aliphatic heterocycles. The lowest BCUT2D eigenvalue weighted by atomic mass is 10.4. The van der Waals surface area contributed by atoms with Gasteiger partial charge in [-0.25, -0.2) is 4.79 Å². The van der Waals surface area contributed by atoms with Crippen LogP contribution in [0.25, 0.3) is 0 Å².